The highest BCUT2D eigenvalue weighted by Gasteiger charge is 2.70. The van der Waals surface area contributed by atoms with Crippen LogP contribution < -0.4 is 10.6 Å². The Bertz CT molecular complexity index is 1560. The molecule has 0 radical (unpaired) electrons. The van der Waals surface area contributed by atoms with Gasteiger partial charge in [-0.3, -0.25) is 9.59 Å². The number of likely N-dealkylation sites (tertiary alicyclic amines) is 1. The van der Waals surface area contributed by atoms with Gasteiger partial charge in [-0.05, 0) is 119 Å². The van der Waals surface area contributed by atoms with Gasteiger partial charge in [-0.15, -0.1) is 0 Å². The standard InChI is InChI=1S/C22H36N2O5.C13H23NO4.C9H14ClNO2/c1-21(2,3)29-20(27)23-16(13-10-8-7-9-11-13)18(25)24-12-14-15(22(14,4)5)17(24)19(26)28-6;1-13(2,3)18-12(17)14-10(11(15)16)9-7-5-4-6-8-9;1-9(2)5-4-11(10)7(6(5)9)8(12)13-3/h13-17H,7-12H2,1-6H3,(H,23,27);9-10H,4-8H2,1-3H3,(H,14,17)(H,15,16);5-7H,4H2,1-3H3/t14?,15?,16-,17-;10-;5?,6?,7-/m000/s1. The lowest BCUT2D eigenvalue weighted by molar-refractivity contribution is -0.154. The largest absolute Gasteiger partial charge is 0.480 e. The van der Waals surface area contributed by atoms with E-state index in [0.29, 0.717) is 24.3 Å². The van der Waals surface area contributed by atoms with Gasteiger partial charge in [-0.1, -0.05) is 66.2 Å². The molecule has 4 aliphatic carbocycles. The van der Waals surface area contributed by atoms with E-state index in [9.17, 15) is 33.9 Å². The van der Waals surface area contributed by atoms with E-state index in [1.165, 1.54) is 14.2 Å². The number of nitrogens with zero attached hydrogens (tertiary/aromatic N) is 2. The number of alkyl carbamates (subject to hydrolysis) is 2. The number of aliphatic carboxylic acids is 1. The zero-order chi connectivity index (χ0) is 45.1. The number of esters is 2. The number of ether oxygens (including phenoxy) is 4. The van der Waals surface area contributed by atoms with E-state index >= 15 is 0 Å². The van der Waals surface area contributed by atoms with Crippen LogP contribution in [0.1, 0.15) is 133 Å². The van der Waals surface area contributed by atoms with Crippen LogP contribution in [0.2, 0.25) is 0 Å². The third kappa shape index (κ3) is 12.0. The fraction of sp³-hybridized carbons (Fsp3) is 0.864. The van der Waals surface area contributed by atoms with Crippen molar-refractivity contribution in [2.24, 2.45) is 46.3 Å². The number of fused-ring (bicyclic) bond motifs is 2. The molecule has 8 atom stereocenters. The summed E-state index contributed by atoms with van der Waals surface area (Å²) in [5, 5.41) is 14.5. The van der Waals surface area contributed by atoms with Gasteiger partial charge in [-0.25, -0.2) is 23.6 Å². The van der Waals surface area contributed by atoms with Gasteiger partial charge in [0.15, 0.2) is 0 Å². The Balaban J connectivity index is 0.000000218. The molecule has 342 valence electrons. The van der Waals surface area contributed by atoms with Crippen LogP contribution in [-0.4, -0.2) is 113 Å². The molecule has 6 rings (SSSR count). The Hall–Kier alpha value is -3.33. The average Bonchev–Trinajstić information content (AvgIpc) is 3.62. The van der Waals surface area contributed by atoms with Crippen LogP contribution in [-0.2, 0) is 38.1 Å². The van der Waals surface area contributed by atoms with Crippen LogP contribution in [0.15, 0.2) is 0 Å². The van der Waals surface area contributed by atoms with Crippen molar-refractivity contribution >= 4 is 47.8 Å². The molecule has 16 heteroatoms. The molecule has 0 bridgehead atoms. The first-order valence-electron chi connectivity index (χ1n) is 21.9. The van der Waals surface area contributed by atoms with Crippen LogP contribution >= 0.6 is 11.8 Å². The second-order valence-corrected chi connectivity index (χ2v) is 21.2. The van der Waals surface area contributed by atoms with Gasteiger partial charge >= 0.3 is 30.1 Å². The fourth-order valence-electron chi connectivity index (χ4n) is 10.3. The van der Waals surface area contributed by atoms with Gasteiger partial charge in [0.25, 0.3) is 0 Å². The lowest BCUT2D eigenvalue weighted by atomic mass is 9.83. The summed E-state index contributed by atoms with van der Waals surface area (Å²) in [6.07, 6.45) is 8.70. The molecule has 0 spiro atoms. The molecular weight excluding hydrogens is 796 g/mol. The minimum absolute atomic E-state index is 0.0174. The summed E-state index contributed by atoms with van der Waals surface area (Å²) in [5.74, 6) is -0.281. The minimum atomic E-state index is -0.979. The number of hydrogen-bond donors (Lipinski definition) is 3. The molecule has 15 nitrogen and oxygen atoms in total. The second-order valence-electron chi connectivity index (χ2n) is 20.8. The molecule has 4 unspecified atom stereocenters. The van der Waals surface area contributed by atoms with Crippen LogP contribution in [0.5, 0.6) is 0 Å². The van der Waals surface area contributed by atoms with Crippen molar-refractivity contribution in [1.82, 2.24) is 20.0 Å². The number of methoxy groups -OCH3 is 2. The molecule has 4 saturated carbocycles. The number of carbonyl (C=O) groups is 6. The number of carboxylic acid groups (broad SMARTS) is 1. The first-order valence-corrected chi connectivity index (χ1v) is 22.2. The highest BCUT2D eigenvalue weighted by atomic mass is 35.5. The van der Waals surface area contributed by atoms with Crippen molar-refractivity contribution in [3.05, 3.63) is 0 Å². The van der Waals surface area contributed by atoms with E-state index in [4.69, 9.17) is 30.7 Å². The Labute approximate surface area is 362 Å². The summed E-state index contributed by atoms with van der Waals surface area (Å²) in [4.78, 5) is 74.5. The Morgan fingerprint density at radius 2 is 1.02 bits per heavy atom. The van der Waals surface area contributed by atoms with E-state index in [2.05, 4.69) is 38.3 Å². The van der Waals surface area contributed by atoms with E-state index in [1.54, 1.807) is 50.9 Å². The lowest BCUT2D eigenvalue weighted by Crippen LogP contribution is -2.57. The molecule has 3 N–H and O–H groups in total. The molecule has 0 aromatic carbocycles. The molecule has 6 aliphatic rings. The van der Waals surface area contributed by atoms with Gasteiger partial charge in [0, 0.05) is 19.0 Å². The maximum Gasteiger partial charge on any atom is 0.408 e. The van der Waals surface area contributed by atoms with Crippen molar-refractivity contribution in [2.75, 3.05) is 27.3 Å². The monoisotopic (exact) mass is 868 g/mol. The van der Waals surface area contributed by atoms with Crippen LogP contribution in [0.3, 0.4) is 0 Å². The molecule has 6 fully saturated rings. The number of carboxylic acids is 1. The molecular formula is C44H73ClN4O11. The first-order chi connectivity index (χ1) is 27.8. The molecule has 60 heavy (non-hydrogen) atoms. The molecule has 3 amide bonds. The topological polar surface area (TPSA) is 190 Å². The SMILES string of the molecule is CC(C)(C)OC(=O)N[C@H](C(=O)O)C1CCCCC1.COC(=O)[C@@H]1C2C(CN1C(=O)[C@@H](NC(=O)OC(C)(C)C)C1CCCCC1)C2(C)C.COC(=O)[C@@H]1C2C(CN1Cl)C2(C)C. The van der Waals surface area contributed by atoms with Crippen LogP contribution in [0.25, 0.3) is 0 Å². The van der Waals surface area contributed by atoms with Gasteiger partial charge in [0.2, 0.25) is 5.91 Å². The number of piperidine rings is 2. The Morgan fingerprint density at radius 1 is 0.633 bits per heavy atom. The second kappa shape index (κ2) is 19.4. The number of rotatable bonds is 8. The maximum absolute atomic E-state index is 13.6. The predicted octanol–water partition coefficient (Wildman–Crippen LogP) is 6.93. The highest BCUT2D eigenvalue weighted by Crippen LogP contribution is 2.66. The number of hydrogen-bond acceptors (Lipinski definition) is 11. The van der Waals surface area contributed by atoms with Crippen molar-refractivity contribution in [3.63, 3.8) is 0 Å². The molecule has 0 aromatic heterocycles. The number of nitrogens with one attached hydrogen (secondary N) is 2. The third-order valence-corrected chi connectivity index (χ3v) is 14.0. The highest BCUT2D eigenvalue weighted by molar-refractivity contribution is 6.15. The molecule has 2 heterocycles. The number of carbonyl (C=O) groups excluding carboxylic acids is 5. The van der Waals surface area contributed by atoms with Gasteiger partial charge < -0.3 is 39.6 Å². The summed E-state index contributed by atoms with van der Waals surface area (Å²) in [6.45, 7) is 20.6. The van der Waals surface area contributed by atoms with Crippen LogP contribution in [0, 0.1) is 46.3 Å². The zero-order valence-electron chi connectivity index (χ0n) is 38.1. The number of halogens is 1. The van der Waals surface area contributed by atoms with Crippen LogP contribution in [0.4, 0.5) is 9.59 Å². The van der Waals surface area contributed by atoms with Crippen molar-refractivity contribution in [2.45, 2.75) is 169 Å². The maximum atomic E-state index is 13.6. The summed E-state index contributed by atoms with van der Waals surface area (Å²) in [7, 11) is 2.78. The zero-order valence-corrected chi connectivity index (χ0v) is 38.8. The van der Waals surface area contributed by atoms with Gasteiger partial charge in [0.1, 0.15) is 35.4 Å². The third-order valence-electron chi connectivity index (χ3n) is 13.6. The molecule has 2 aliphatic heterocycles. The van der Waals surface area contributed by atoms with E-state index < -0.39 is 47.5 Å². The predicted molar refractivity (Wildman–Crippen MR) is 225 cm³/mol. The smallest absolute Gasteiger partial charge is 0.408 e. The molecule has 0 aromatic rings. The molecule has 2 saturated heterocycles. The summed E-state index contributed by atoms with van der Waals surface area (Å²) >= 11 is 5.94. The lowest BCUT2D eigenvalue weighted by Gasteiger charge is -2.36. The van der Waals surface area contributed by atoms with Crippen molar-refractivity contribution < 1.29 is 52.8 Å². The fourth-order valence-corrected chi connectivity index (χ4v) is 10.6. The summed E-state index contributed by atoms with van der Waals surface area (Å²) < 4.78 is 21.9. The first kappa shape index (κ1) is 49.3. The summed E-state index contributed by atoms with van der Waals surface area (Å²) in [6, 6.07) is -2.30. The van der Waals surface area contributed by atoms with E-state index in [0.717, 1.165) is 70.8 Å². The Kier molecular flexibility index (Phi) is 15.9. The van der Waals surface area contributed by atoms with E-state index in [1.807, 2.05) is 0 Å². The summed E-state index contributed by atoms with van der Waals surface area (Å²) in [5.41, 5.74) is -0.948. The van der Waals surface area contributed by atoms with Gasteiger partial charge in [-0.2, -0.15) is 0 Å². The normalized spacial score (nSPS) is 29.0. The quantitative estimate of drug-likeness (QED) is 0.130. The van der Waals surface area contributed by atoms with Gasteiger partial charge in [0.05, 0.1) is 14.2 Å². The van der Waals surface area contributed by atoms with E-state index in [-0.39, 0.29) is 52.5 Å². The minimum Gasteiger partial charge on any atom is -0.480 e. The van der Waals surface area contributed by atoms with Crippen molar-refractivity contribution in [1.29, 1.82) is 0 Å². The average molecular weight is 870 g/mol. The number of amides is 3. The van der Waals surface area contributed by atoms with Crippen molar-refractivity contribution in [3.8, 4) is 0 Å². The Morgan fingerprint density at radius 3 is 1.42 bits per heavy atom.